The largest absolute Gasteiger partial charge is 0.370 e. The Morgan fingerprint density at radius 3 is 2.22 bits per heavy atom. The summed E-state index contributed by atoms with van der Waals surface area (Å²) in [5.41, 5.74) is 8.29. The second kappa shape index (κ2) is 5.53. The van der Waals surface area contributed by atoms with E-state index in [1.165, 1.54) is 7.05 Å². The van der Waals surface area contributed by atoms with Gasteiger partial charge in [0, 0.05) is 13.6 Å². The van der Waals surface area contributed by atoms with Crippen molar-refractivity contribution in [2.75, 3.05) is 18.5 Å². The van der Waals surface area contributed by atoms with Gasteiger partial charge in [-0.25, -0.2) is 4.79 Å². The van der Waals surface area contributed by atoms with Crippen molar-refractivity contribution in [3.8, 4) is 0 Å². The first-order valence-corrected chi connectivity index (χ1v) is 5.85. The van der Waals surface area contributed by atoms with Gasteiger partial charge in [0.15, 0.2) is 5.96 Å². The maximum Gasteiger partial charge on any atom is 0.331 e. The topological polar surface area (TPSA) is 73.4 Å². The molecule has 0 aromatic heterocycles. The van der Waals surface area contributed by atoms with E-state index in [0.29, 0.717) is 6.54 Å². The number of nitrogens with zero attached hydrogens (tertiary/aromatic N) is 2. The first kappa shape index (κ1) is 14.0. The number of amides is 2. The smallest absolute Gasteiger partial charge is 0.331 e. The number of aryl methyl sites for hydroxylation is 2. The molecule has 0 radical (unpaired) electrons. The minimum Gasteiger partial charge on any atom is -0.370 e. The molecule has 0 saturated heterocycles. The summed E-state index contributed by atoms with van der Waals surface area (Å²) in [6, 6.07) is 5.60. The Balaban J connectivity index is 3.18. The summed E-state index contributed by atoms with van der Waals surface area (Å²) in [4.78, 5) is 15.0. The molecule has 0 aliphatic rings. The highest BCUT2D eigenvalue weighted by molar-refractivity contribution is 6.02. The minimum atomic E-state index is -0.289. The molecule has 5 heteroatoms. The molecule has 0 heterocycles. The lowest BCUT2D eigenvalue weighted by Gasteiger charge is -2.28. The Morgan fingerprint density at radius 1 is 1.33 bits per heavy atom. The highest BCUT2D eigenvalue weighted by atomic mass is 16.2. The highest BCUT2D eigenvalue weighted by Gasteiger charge is 2.22. The van der Waals surface area contributed by atoms with Crippen LogP contribution in [0.3, 0.4) is 0 Å². The number of rotatable bonds is 2. The second-order valence-corrected chi connectivity index (χ2v) is 4.21. The van der Waals surface area contributed by atoms with Crippen LogP contribution in [0.25, 0.3) is 0 Å². The number of urea groups is 1. The standard InChI is InChI=1S/C13H20N4O/c1-5-17(13(18)16(4)12(14)15)11-9(2)7-6-8-10(11)3/h6-8H,5H2,1-4H3,(H3,14,15). The zero-order valence-corrected chi connectivity index (χ0v) is 11.3. The number of hydrogen-bond donors (Lipinski definition) is 2. The lowest BCUT2D eigenvalue weighted by atomic mass is 10.1. The second-order valence-electron chi connectivity index (χ2n) is 4.21. The molecule has 5 nitrogen and oxygen atoms in total. The monoisotopic (exact) mass is 248 g/mol. The third kappa shape index (κ3) is 2.61. The lowest BCUT2D eigenvalue weighted by molar-refractivity contribution is 0.232. The van der Waals surface area contributed by atoms with Crippen LogP contribution < -0.4 is 10.6 Å². The Bertz CT molecular complexity index is 450. The summed E-state index contributed by atoms with van der Waals surface area (Å²) in [6.45, 7) is 6.36. The molecule has 0 unspecified atom stereocenters. The Morgan fingerprint density at radius 2 is 1.83 bits per heavy atom. The number of benzene rings is 1. The molecule has 1 rings (SSSR count). The van der Waals surface area contributed by atoms with E-state index in [0.717, 1.165) is 21.7 Å². The van der Waals surface area contributed by atoms with Crippen molar-refractivity contribution in [3.05, 3.63) is 29.3 Å². The summed E-state index contributed by atoms with van der Waals surface area (Å²) >= 11 is 0. The van der Waals surface area contributed by atoms with Crippen LogP contribution in [-0.2, 0) is 0 Å². The summed E-state index contributed by atoms with van der Waals surface area (Å²) in [5, 5.41) is 7.33. The molecule has 0 atom stereocenters. The summed E-state index contributed by atoms with van der Waals surface area (Å²) < 4.78 is 0. The molecular weight excluding hydrogens is 228 g/mol. The van der Waals surface area contributed by atoms with Crippen LogP contribution >= 0.6 is 0 Å². The van der Waals surface area contributed by atoms with Crippen molar-refractivity contribution >= 4 is 17.7 Å². The van der Waals surface area contributed by atoms with Crippen LogP contribution in [-0.4, -0.2) is 30.5 Å². The fourth-order valence-electron chi connectivity index (χ4n) is 1.90. The molecular formula is C13H20N4O. The van der Waals surface area contributed by atoms with Crippen molar-refractivity contribution in [1.82, 2.24) is 4.90 Å². The van der Waals surface area contributed by atoms with Crippen molar-refractivity contribution in [1.29, 1.82) is 5.41 Å². The average molecular weight is 248 g/mol. The van der Waals surface area contributed by atoms with Crippen molar-refractivity contribution in [2.45, 2.75) is 20.8 Å². The maximum absolute atomic E-state index is 12.3. The molecule has 2 amide bonds. The third-order valence-corrected chi connectivity index (χ3v) is 2.90. The van der Waals surface area contributed by atoms with Gasteiger partial charge in [-0.05, 0) is 31.9 Å². The predicted molar refractivity (Wildman–Crippen MR) is 74.0 cm³/mol. The van der Waals surface area contributed by atoms with Gasteiger partial charge in [0.25, 0.3) is 0 Å². The molecule has 0 saturated carbocycles. The quantitative estimate of drug-likeness (QED) is 0.621. The number of hydrogen-bond acceptors (Lipinski definition) is 2. The van der Waals surface area contributed by atoms with Gasteiger partial charge in [0.05, 0.1) is 5.69 Å². The first-order valence-electron chi connectivity index (χ1n) is 5.85. The number of guanidine groups is 1. The number of nitrogens with one attached hydrogen (secondary N) is 1. The number of para-hydroxylation sites is 1. The van der Waals surface area contributed by atoms with E-state index < -0.39 is 0 Å². The summed E-state index contributed by atoms with van der Waals surface area (Å²) in [5.74, 6) is -0.260. The van der Waals surface area contributed by atoms with Crippen molar-refractivity contribution < 1.29 is 4.79 Å². The van der Waals surface area contributed by atoms with E-state index in [4.69, 9.17) is 11.1 Å². The van der Waals surface area contributed by atoms with Gasteiger partial charge in [0.1, 0.15) is 0 Å². The van der Waals surface area contributed by atoms with E-state index in [-0.39, 0.29) is 12.0 Å². The molecule has 1 aromatic carbocycles. The fraction of sp³-hybridized carbons (Fsp3) is 0.385. The molecule has 0 fully saturated rings. The number of nitrogens with two attached hydrogens (primary N) is 1. The van der Waals surface area contributed by atoms with Crippen LogP contribution in [0, 0.1) is 19.3 Å². The Hall–Kier alpha value is -2.04. The SMILES string of the molecule is CCN(C(=O)N(C)C(=N)N)c1c(C)cccc1C. The molecule has 1 aromatic rings. The molecule has 3 N–H and O–H groups in total. The predicted octanol–water partition coefficient (Wildman–Crippen LogP) is 2.08. The zero-order chi connectivity index (χ0) is 13.9. The van der Waals surface area contributed by atoms with Crippen LogP contribution in [0.5, 0.6) is 0 Å². The van der Waals surface area contributed by atoms with E-state index in [1.807, 2.05) is 39.0 Å². The van der Waals surface area contributed by atoms with Gasteiger partial charge in [-0.1, -0.05) is 18.2 Å². The van der Waals surface area contributed by atoms with Crippen LogP contribution in [0.1, 0.15) is 18.1 Å². The van der Waals surface area contributed by atoms with Crippen molar-refractivity contribution in [3.63, 3.8) is 0 Å². The number of carbonyl (C=O) groups is 1. The molecule has 0 spiro atoms. The number of anilines is 1. The Labute approximate surface area is 108 Å². The minimum absolute atomic E-state index is 0.260. The summed E-state index contributed by atoms with van der Waals surface area (Å²) in [6.07, 6.45) is 0. The van der Waals surface area contributed by atoms with E-state index in [9.17, 15) is 4.79 Å². The van der Waals surface area contributed by atoms with E-state index >= 15 is 0 Å². The Kier molecular flexibility index (Phi) is 4.31. The molecule has 18 heavy (non-hydrogen) atoms. The maximum atomic E-state index is 12.3. The lowest BCUT2D eigenvalue weighted by Crippen LogP contribution is -2.47. The highest BCUT2D eigenvalue weighted by Crippen LogP contribution is 2.25. The van der Waals surface area contributed by atoms with Gasteiger partial charge in [-0.2, -0.15) is 0 Å². The van der Waals surface area contributed by atoms with Crippen LogP contribution in [0.4, 0.5) is 10.5 Å². The molecule has 0 aliphatic carbocycles. The average Bonchev–Trinajstić information content (AvgIpc) is 2.32. The molecule has 0 aliphatic heterocycles. The van der Waals surface area contributed by atoms with Crippen LogP contribution in [0.2, 0.25) is 0 Å². The van der Waals surface area contributed by atoms with Gasteiger partial charge in [-0.15, -0.1) is 0 Å². The summed E-state index contributed by atoms with van der Waals surface area (Å²) in [7, 11) is 1.50. The van der Waals surface area contributed by atoms with Crippen molar-refractivity contribution in [2.24, 2.45) is 5.73 Å². The molecule has 0 bridgehead atoms. The van der Waals surface area contributed by atoms with Gasteiger partial charge in [0.2, 0.25) is 0 Å². The normalized spacial score (nSPS) is 10.0. The molecule has 98 valence electrons. The number of carbonyl (C=O) groups excluding carboxylic acids is 1. The first-order chi connectivity index (χ1) is 8.40. The van der Waals surface area contributed by atoms with E-state index in [1.54, 1.807) is 4.90 Å². The fourth-order valence-corrected chi connectivity index (χ4v) is 1.90. The van der Waals surface area contributed by atoms with Gasteiger partial charge < -0.3 is 5.73 Å². The van der Waals surface area contributed by atoms with Gasteiger partial charge >= 0.3 is 6.03 Å². The van der Waals surface area contributed by atoms with Gasteiger partial charge in [-0.3, -0.25) is 15.2 Å². The third-order valence-electron chi connectivity index (χ3n) is 2.90. The zero-order valence-electron chi connectivity index (χ0n) is 11.3. The van der Waals surface area contributed by atoms with Crippen LogP contribution in [0.15, 0.2) is 18.2 Å². The van der Waals surface area contributed by atoms with E-state index in [2.05, 4.69) is 0 Å².